The first kappa shape index (κ1) is 9.99. The Morgan fingerprint density at radius 3 is 3.31 bits per heavy atom. The number of thiophene rings is 1. The number of hydrogen-bond donors (Lipinski definition) is 1. The molecule has 0 bridgehead atoms. The molecule has 84 valence electrons. The normalized spacial score (nSPS) is 20.4. The third kappa shape index (κ3) is 2.01. The van der Waals surface area contributed by atoms with Gasteiger partial charge in [-0.05, 0) is 41.8 Å². The summed E-state index contributed by atoms with van der Waals surface area (Å²) in [6.07, 6.45) is 3.04. The molecule has 0 aliphatic carbocycles. The third-order valence-corrected chi connectivity index (χ3v) is 3.52. The minimum atomic E-state index is 0.292. The molecule has 0 aromatic carbocycles. The number of nitrogens with zero attached hydrogens (tertiary/aromatic N) is 2. The molecule has 2 aromatic rings. The smallest absolute Gasteiger partial charge is 0.231 e. The Kier molecular flexibility index (Phi) is 2.71. The number of aromatic nitrogens is 2. The monoisotopic (exact) mass is 235 g/mol. The highest BCUT2D eigenvalue weighted by atomic mass is 32.1. The van der Waals surface area contributed by atoms with Crippen LogP contribution >= 0.6 is 11.3 Å². The van der Waals surface area contributed by atoms with Crippen LogP contribution < -0.4 is 5.32 Å². The highest BCUT2D eigenvalue weighted by molar-refractivity contribution is 7.07. The summed E-state index contributed by atoms with van der Waals surface area (Å²) in [7, 11) is 0. The van der Waals surface area contributed by atoms with Crippen LogP contribution in [-0.4, -0.2) is 16.7 Å². The van der Waals surface area contributed by atoms with Crippen molar-refractivity contribution in [3.8, 4) is 0 Å². The van der Waals surface area contributed by atoms with Crippen molar-refractivity contribution in [2.24, 2.45) is 0 Å². The summed E-state index contributed by atoms with van der Waals surface area (Å²) < 4.78 is 5.25. The van der Waals surface area contributed by atoms with Gasteiger partial charge in [-0.3, -0.25) is 0 Å². The lowest BCUT2D eigenvalue weighted by Crippen LogP contribution is -2.14. The Hall–Kier alpha value is -1.20. The highest BCUT2D eigenvalue weighted by Gasteiger charge is 2.21. The summed E-state index contributed by atoms with van der Waals surface area (Å²) >= 11 is 1.69. The Balaban J connectivity index is 1.72. The molecule has 1 atom stereocenters. The van der Waals surface area contributed by atoms with Gasteiger partial charge in [0, 0.05) is 0 Å². The van der Waals surface area contributed by atoms with Gasteiger partial charge in [-0.1, -0.05) is 5.16 Å². The van der Waals surface area contributed by atoms with Crippen molar-refractivity contribution < 1.29 is 4.52 Å². The zero-order chi connectivity index (χ0) is 10.8. The topological polar surface area (TPSA) is 51.0 Å². The van der Waals surface area contributed by atoms with E-state index in [0.717, 1.165) is 25.2 Å². The highest BCUT2D eigenvalue weighted by Crippen LogP contribution is 2.21. The quantitative estimate of drug-likeness (QED) is 0.885. The first-order chi connectivity index (χ1) is 7.92. The van der Waals surface area contributed by atoms with Gasteiger partial charge in [-0.15, -0.1) is 0 Å². The molecule has 1 N–H and O–H groups in total. The van der Waals surface area contributed by atoms with E-state index >= 15 is 0 Å². The Morgan fingerprint density at radius 2 is 2.56 bits per heavy atom. The van der Waals surface area contributed by atoms with Crippen molar-refractivity contribution in [3.63, 3.8) is 0 Å². The molecule has 2 aromatic heterocycles. The zero-order valence-electron chi connectivity index (χ0n) is 8.85. The lowest BCUT2D eigenvalue weighted by molar-refractivity contribution is 0.374. The van der Waals surface area contributed by atoms with Crippen molar-refractivity contribution in [1.82, 2.24) is 15.5 Å². The van der Waals surface area contributed by atoms with Gasteiger partial charge in [-0.25, -0.2) is 0 Å². The van der Waals surface area contributed by atoms with E-state index in [0.29, 0.717) is 11.9 Å². The summed E-state index contributed by atoms with van der Waals surface area (Å²) in [4.78, 5) is 4.43. The fourth-order valence-electron chi connectivity index (χ4n) is 1.95. The Labute approximate surface area is 97.7 Å². The van der Waals surface area contributed by atoms with Gasteiger partial charge in [0.15, 0.2) is 5.82 Å². The standard InChI is InChI=1S/C11H13N3OS/c1-2-9(12-4-1)11-13-10(15-14-11)6-8-3-5-16-7-8/h3,5,7,9,12H,1-2,4,6H2. The zero-order valence-corrected chi connectivity index (χ0v) is 9.67. The minimum absolute atomic E-state index is 0.292. The van der Waals surface area contributed by atoms with Crippen molar-refractivity contribution in [2.75, 3.05) is 6.54 Å². The molecule has 3 heterocycles. The average Bonchev–Trinajstić information content (AvgIpc) is 2.99. The predicted octanol–water partition coefficient (Wildman–Crippen LogP) is 2.15. The number of nitrogens with one attached hydrogen (secondary N) is 1. The summed E-state index contributed by atoms with van der Waals surface area (Å²) in [5.41, 5.74) is 1.24. The summed E-state index contributed by atoms with van der Waals surface area (Å²) in [5.74, 6) is 1.52. The van der Waals surface area contributed by atoms with E-state index < -0.39 is 0 Å². The second kappa shape index (κ2) is 4.35. The molecule has 1 aliphatic rings. The van der Waals surface area contributed by atoms with Crippen LogP contribution in [0.2, 0.25) is 0 Å². The maximum absolute atomic E-state index is 5.25. The summed E-state index contributed by atoms with van der Waals surface area (Å²) in [6, 6.07) is 2.38. The summed E-state index contributed by atoms with van der Waals surface area (Å²) in [5, 5.41) is 11.6. The van der Waals surface area contributed by atoms with Gasteiger partial charge in [0.2, 0.25) is 5.89 Å². The van der Waals surface area contributed by atoms with E-state index in [-0.39, 0.29) is 0 Å². The lowest BCUT2D eigenvalue weighted by atomic mass is 10.2. The van der Waals surface area contributed by atoms with Gasteiger partial charge < -0.3 is 9.84 Å². The van der Waals surface area contributed by atoms with Crippen LogP contribution in [-0.2, 0) is 6.42 Å². The molecule has 3 rings (SSSR count). The van der Waals surface area contributed by atoms with E-state index in [9.17, 15) is 0 Å². The van der Waals surface area contributed by atoms with Gasteiger partial charge >= 0.3 is 0 Å². The van der Waals surface area contributed by atoms with Gasteiger partial charge in [0.25, 0.3) is 0 Å². The van der Waals surface area contributed by atoms with Crippen molar-refractivity contribution in [1.29, 1.82) is 0 Å². The SMILES string of the molecule is c1cc(Cc2nc(C3CCCN3)no2)cs1. The minimum Gasteiger partial charge on any atom is -0.339 e. The second-order valence-electron chi connectivity index (χ2n) is 4.00. The molecule has 0 radical (unpaired) electrons. The molecule has 16 heavy (non-hydrogen) atoms. The van der Waals surface area contributed by atoms with E-state index in [1.54, 1.807) is 11.3 Å². The number of rotatable bonds is 3. The fraction of sp³-hybridized carbons (Fsp3) is 0.455. The molecule has 0 amide bonds. The van der Waals surface area contributed by atoms with Crippen molar-refractivity contribution in [2.45, 2.75) is 25.3 Å². The van der Waals surface area contributed by atoms with Crippen molar-refractivity contribution >= 4 is 11.3 Å². The molecule has 0 spiro atoms. The molecule has 1 fully saturated rings. The van der Waals surface area contributed by atoms with Crippen LogP contribution in [0.15, 0.2) is 21.3 Å². The van der Waals surface area contributed by atoms with E-state index in [1.807, 2.05) is 0 Å². The van der Waals surface area contributed by atoms with E-state index in [4.69, 9.17) is 4.52 Å². The van der Waals surface area contributed by atoms with Gasteiger partial charge in [0.05, 0.1) is 12.5 Å². The summed E-state index contributed by atoms with van der Waals surface area (Å²) in [6.45, 7) is 1.05. The van der Waals surface area contributed by atoms with Crippen LogP contribution in [0.25, 0.3) is 0 Å². The molecule has 0 saturated carbocycles. The van der Waals surface area contributed by atoms with Crippen molar-refractivity contribution in [3.05, 3.63) is 34.1 Å². The van der Waals surface area contributed by atoms with E-state index in [1.165, 1.54) is 12.0 Å². The maximum Gasteiger partial charge on any atom is 0.231 e. The molecule has 5 heteroatoms. The Morgan fingerprint density at radius 1 is 1.56 bits per heavy atom. The fourth-order valence-corrected chi connectivity index (χ4v) is 2.62. The molecule has 1 unspecified atom stereocenters. The second-order valence-corrected chi connectivity index (χ2v) is 4.78. The van der Waals surface area contributed by atoms with Crippen LogP contribution in [0.3, 0.4) is 0 Å². The van der Waals surface area contributed by atoms with Gasteiger partial charge in [-0.2, -0.15) is 16.3 Å². The van der Waals surface area contributed by atoms with Crippen LogP contribution in [0.4, 0.5) is 0 Å². The van der Waals surface area contributed by atoms with Crippen LogP contribution in [0, 0.1) is 0 Å². The van der Waals surface area contributed by atoms with Gasteiger partial charge in [0.1, 0.15) is 0 Å². The first-order valence-corrected chi connectivity index (χ1v) is 6.43. The van der Waals surface area contributed by atoms with Crippen LogP contribution in [0.5, 0.6) is 0 Å². The molecular formula is C11H13N3OS. The predicted molar refractivity (Wildman–Crippen MR) is 61.4 cm³/mol. The van der Waals surface area contributed by atoms with Crippen LogP contribution in [0.1, 0.15) is 36.2 Å². The molecule has 1 saturated heterocycles. The largest absolute Gasteiger partial charge is 0.339 e. The van der Waals surface area contributed by atoms with E-state index in [2.05, 4.69) is 32.3 Å². The average molecular weight is 235 g/mol. The maximum atomic E-state index is 5.25. The lowest BCUT2D eigenvalue weighted by Gasteiger charge is -2.01. The Bertz CT molecular complexity index is 446. The number of hydrogen-bond acceptors (Lipinski definition) is 5. The molecular weight excluding hydrogens is 222 g/mol. The molecule has 4 nitrogen and oxygen atoms in total. The third-order valence-electron chi connectivity index (χ3n) is 2.79. The molecule has 1 aliphatic heterocycles. The first-order valence-electron chi connectivity index (χ1n) is 5.49.